The molecule has 3 heterocycles. The molecule has 1 fully saturated rings. The van der Waals surface area contributed by atoms with Gasteiger partial charge in [-0.3, -0.25) is 0 Å². The molecule has 3 aromatic rings. The molecule has 0 radical (unpaired) electrons. The molecule has 2 atom stereocenters. The van der Waals surface area contributed by atoms with Crippen LogP contribution in [0, 0.1) is 17.1 Å². The predicted molar refractivity (Wildman–Crippen MR) is 161 cm³/mol. The van der Waals surface area contributed by atoms with Crippen molar-refractivity contribution in [1.29, 1.82) is 5.26 Å². The molecule has 224 valence electrons. The van der Waals surface area contributed by atoms with Gasteiger partial charge in [-0.2, -0.15) is 5.26 Å². The van der Waals surface area contributed by atoms with E-state index in [-0.39, 0.29) is 36.2 Å². The van der Waals surface area contributed by atoms with E-state index in [1.807, 2.05) is 44.2 Å². The Kier molecular flexibility index (Phi) is 8.01. The summed E-state index contributed by atoms with van der Waals surface area (Å²) in [4.78, 5) is 28.3. The molecule has 43 heavy (non-hydrogen) atoms. The molecule has 0 bridgehead atoms. The summed E-state index contributed by atoms with van der Waals surface area (Å²) < 4.78 is 26.0. The largest absolute Gasteiger partial charge is 0.484 e. The number of hydrogen-bond acceptors (Lipinski definition) is 8. The van der Waals surface area contributed by atoms with Crippen LogP contribution in [0.3, 0.4) is 0 Å². The molecule has 0 saturated carbocycles. The second-order valence-electron chi connectivity index (χ2n) is 11.9. The lowest BCUT2D eigenvalue weighted by molar-refractivity contribution is 0.0768. The molecule has 3 aliphatic rings. The van der Waals surface area contributed by atoms with Gasteiger partial charge in [0.2, 0.25) is 5.28 Å². The molecule has 2 aromatic carbocycles. The number of halogens is 2. The number of hydrogen-bond donors (Lipinski definition) is 0. The van der Waals surface area contributed by atoms with Crippen molar-refractivity contribution in [1.82, 2.24) is 14.9 Å². The maximum Gasteiger partial charge on any atom is 0.410 e. The van der Waals surface area contributed by atoms with E-state index in [9.17, 15) is 14.4 Å². The highest BCUT2D eigenvalue weighted by molar-refractivity contribution is 6.28. The Morgan fingerprint density at radius 1 is 1.21 bits per heavy atom. The van der Waals surface area contributed by atoms with E-state index in [1.165, 1.54) is 12.1 Å². The molecule has 1 aliphatic carbocycles. The number of fused-ring (bicyclic) bond motifs is 2. The van der Waals surface area contributed by atoms with Crippen LogP contribution in [0.15, 0.2) is 48.5 Å². The van der Waals surface area contributed by atoms with Gasteiger partial charge in [-0.1, -0.05) is 30.3 Å². The fourth-order valence-corrected chi connectivity index (χ4v) is 6.58. The zero-order valence-electron chi connectivity index (χ0n) is 24.3. The topological polar surface area (TPSA) is 94.8 Å². The quantitative estimate of drug-likeness (QED) is 0.350. The van der Waals surface area contributed by atoms with Crippen molar-refractivity contribution in [3.63, 3.8) is 0 Å². The summed E-state index contributed by atoms with van der Waals surface area (Å²) in [6, 6.07) is 16.1. The maximum absolute atomic E-state index is 14.3. The minimum atomic E-state index is -0.433. The average molecular weight is 605 g/mol. The fourth-order valence-electron chi connectivity index (χ4n) is 6.40. The SMILES string of the molecule is CC1(C)CN(C2CCc3c(nc(Cl)nc3N3CCN(C(=O)OCc4ccccc4)[C@@H](CC#N)C3)C2)c2cc(F)ccc2O1. The molecule has 0 N–H and O–H groups in total. The Bertz CT molecular complexity index is 1550. The number of benzene rings is 2. The van der Waals surface area contributed by atoms with Crippen LogP contribution >= 0.6 is 11.6 Å². The van der Waals surface area contributed by atoms with Crippen LogP contribution in [-0.4, -0.2) is 64.8 Å². The number of amides is 1. The zero-order valence-corrected chi connectivity index (χ0v) is 25.1. The second-order valence-corrected chi connectivity index (χ2v) is 12.3. The molecule has 1 amide bonds. The van der Waals surface area contributed by atoms with Crippen LogP contribution in [0.1, 0.15) is 43.5 Å². The summed E-state index contributed by atoms with van der Waals surface area (Å²) in [5.74, 6) is 1.13. The van der Waals surface area contributed by atoms with Crippen molar-refractivity contribution >= 4 is 29.2 Å². The van der Waals surface area contributed by atoms with Crippen molar-refractivity contribution in [2.75, 3.05) is 36.0 Å². The van der Waals surface area contributed by atoms with Crippen molar-refractivity contribution in [3.8, 4) is 11.8 Å². The van der Waals surface area contributed by atoms with Gasteiger partial charge in [0.25, 0.3) is 0 Å². The van der Waals surface area contributed by atoms with E-state index < -0.39 is 11.7 Å². The smallest absolute Gasteiger partial charge is 0.410 e. The molecule has 1 aromatic heterocycles. The zero-order chi connectivity index (χ0) is 30.1. The summed E-state index contributed by atoms with van der Waals surface area (Å²) in [5.41, 5.74) is 3.12. The Morgan fingerprint density at radius 3 is 2.81 bits per heavy atom. The summed E-state index contributed by atoms with van der Waals surface area (Å²) in [5, 5.41) is 9.72. The normalized spacial score (nSPS) is 20.9. The van der Waals surface area contributed by atoms with Crippen LogP contribution in [0.2, 0.25) is 5.28 Å². The maximum atomic E-state index is 14.3. The van der Waals surface area contributed by atoms with E-state index in [0.29, 0.717) is 38.3 Å². The summed E-state index contributed by atoms with van der Waals surface area (Å²) in [6.07, 6.45) is 1.91. The highest BCUT2D eigenvalue weighted by Gasteiger charge is 2.39. The lowest BCUT2D eigenvalue weighted by Crippen LogP contribution is -2.56. The average Bonchev–Trinajstić information content (AvgIpc) is 2.99. The minimum absolute atomic E-state index is 0.0811. The lowest BCUT2D eigenvalue weighted by Gasteiger charge is -2.46. The number of nitriles is 1. The molecule has 9 nitrogen and oxygen atoms in total. The van der Waals surface area contributed by atoms with Gasteiger partial charge in [0.15, 0.2) is 0 Å². The number of anilines is 2. The van der Waals surface area contributed by atoms with Gasteiger partial charge in [-0.05, 0) is 56.0 Å². The van der Waals surface area contributed by atoms with Crippen molar-refractivity contribution in [3.05, 3.63) is 76.5 Å². The second kappa shape index (κ2) is 11.9. The number of rotatable bonds is 5. The van der Waals surface area contributed by atoms with Crippen LogP contribution in [-0.2, 0) is 24.2 Å². The van der Waals surface area contributed by atoms with E-state index in [4.69, 9.17) is 21.1 Å². The Morgan fingerprint density at radius 2 is 2.02 bits per heavy atom. The van der Waals surface area contributed by atoms with E-state index in [1.54, 1.807) is 11.0 Å². The van der Waals surface area contributed by atoms with Gasteiger partial charge in [0.1, 0.15) is 29.6 Å². The monoisotopic (exact) mass is 604 g/mol. The number of carbonyl (C=O) groups is 1. The number of nitrogens with zero attached hydrogens (tertiary/aromatic N) is 6. The molecule has 11 heteroatoms. The van der Waals surface area contributed by atoms with Crippen LogP contribution in [0.4, 0.5) is 20.7 Å². The third-order valence-corrected chi connectivity index (χ3v) is 8.53. The van der Waals surface area contributed by atoms with Crippen molar-refractivity contribution in [2.45, 2.75) is 63.8 Å². The first-order valence-corrected chi connectivity index (χ1v) is 15.0. The highest BCUT2D eigenvalue weighted by atomic mass is 35.5. The molecule has 1 saturated heterocycles. The third-order valence-electron chi connectivity index (χ3n) is 8.36. The number of ether oxygens (including phenoxy) is 2. The summed E-state index contributed by atoms with van der Waals surface area (Å²) in [6.45, 7) is 6.21. The van der Waals surface area contributed by atoms with E-state index in [2.05, 4.69) is 25.8 Å². The molecule has 2 aliphatic heterocycles. The van der Waals surface area contributed by atoms with Gasteiger partial charge >= 0.3 is 6.09 Å². The fraction of sp³-hybridized carbons (Fsp3) is 0.438. The first-order valence-electron chi connectivity index (χ1n) is 14.6. The van der Waals surface area contributed by atoms with Crippen LogP contribution in [0.5, 0.6) is 5.75 Å². The van der Waals surface area contributed by atoms with Crippen molar-refractivity contribution in [2.24, 2.45) is 0 Å². The number of aromatic nitrogens is 2. The number of carbonyl (C=O) groups excluding carboxylic acids is 1. The number of piperazine rings is 1. The van der Waals surface area contributed by atoms with Gasteiger partial charge in [0, 0.05) is 43.7 Å². The van der Waals surface area contributed by atoms with Crippen molar-refractivity contribution < 1.29 is 18.7 Å². The van der Waals surface area contributed by atoms with Gasteiger partial charge < -0.3 is 24.2 Å². The molecule has 0 spiro atoms. The van der Waals surface area contributed by atoms with Crippen LogP contribution < -0.4 is 14.5 Å². The highest BCUT2D eigenvalue weighted by Crippen LogP contribution is 2.41. The summed E-state index contributed by atoms with van der Waals surface area (Å²) >= 11 is 6.49. The van der Waals surface area contributed by atoms with Gasteiger partial charge in [0.05, 0.1) is 36.5 Å². The Balaban J connectivity index is 1.20. The standard InChI is InChI=1S/C32H34ClFN6O3/c1-32(2)20-40(27-16-22(34)8-11-28(27)43-32)23-9-10-25-26(17-23)36-30(33)37-29(25)38-14-15-39(24(18-38)12-13-35)31(41)42-19-21-6-4-3-5-7-21/h3-8,11,16,23-24H,9-10,12,14-15,17-20H2,1-2H3/t23?,24-/m0/s1. The Hall–Kier alpha value is -4.10. The molecule has 6 rings (SSSR count). The minimum Gasteiger partial charge on any atom is -0.484 e. The molecule has 1 unspecified atom stereocenters. The van der Waals surface area contributed by atoms with Gasteiger partial charge in [-0.15, -0.1) is 0 Å². The predicted octanol–water partition coefficient (Wildman–Crippen LogP) is 5.55. The first-order chi connectivity index (χ1) is 20.7. The van der Waals surface area contributed by atoms with E-state index in [0.717, 1.165) is 41.2 Å². The van der Waals surface area contributed by atoms with E-state index >= 15 is 0 Å². The lowest BCUT2D eigenvalue weighted by atomic mass is 9.89. The Labute approximate surface area is 255 Å². The first kappa shape index (κ1) is 29.0. The van der Waals surface area contributed by atoms with Gasteiger partial charge in [-0.25, -0.2) is 19.2 Å². The third kappa shape index (κ3) is 6.18. The van der Waals surface area contributed by atoms with Crippen LogP contribution in [0.25, 0.3) is 0 Å². The molecular weight excluding hydrogens is 571 g/mol. The molecular formula is C32H34ClFN6O3. The summed E-state index contributed by atoms with van der Waals surface area (Å²) in [7, 11) is 0.